The molecule has 0 fully saturated rings. The minimum atomic E-state index is -1.65. The molecule has 5 nitrogen and oxygen atoms in total. The highest BCUT2D eigenvalue weighted by Gasteiger charge is 2.36. The highest BCUT2D eigenvalue weighted by atomic mass is 28.4. The summed E-state index contributed by atoms with van der Waals surface area (Å²) in [6, 6.07) is 1.98. The quantitative estimate of drug-likeness (QED) is 0.365. The topological polar surface area (TPSA) is 53.4 Å². The van der Waals surface area contributed by atoms with Gasteiger partial charge in [0.1, 0.15) is 0 Å². The number of aromatic nitrogens is 2. The van der Waals surface area contributed by atoms with Crippen LogP contribution in [-0.2, 0) is 25.9 Å². The number of aryl methyl sites for hydroxylation is 1. The normalized spacial score (nSPS) is 13.1. The molecule has 0 spiro atoms. The lowest BCUT2D eigenvalue weighted by Gasteiger charge is -2.36. The van der Waals surface area contributed by atoms with E-state index in [0.29, 0.717) is 6.61 Å². The lowest BCUT2D eigenvalue weighted by molar-refractivity contribution is -0.152. The molecule has 0 atom stereocenters. The van der Waals surface area contributed by atoms with Crippen LogP contribution in [0, 0.1) is 0 Å². The summed E-state index contributed by atoms with van der Waals surface area (Å²) in [6.45, 7) is 18.0. The fourth-order valence-corrected chi connectivity index (χ4v) is 3.25. The van der Waals surface area contributed by atoms with Gasteiger partial charge in [-0.15, -0.1) is 0 Å². The van der Waals surface area contributed by atoms with E-state index in [2.05, 4.69) is 39.0 Å². The van der Waals surface area contributed by atoms with Crippen molar-refractivity contribution < 1.29 is 14.0 Å². The lowest BCUT2D eigenvalue weighted by atomic mass is 10.1. The second kappa shape index (κ2) is 8.49. The zero-order chi connectivity index (χ0) is 19.3. The number of rotatable bonds is 9. The fourth-order valence-electron chi connectivity index (χ4n) is 2.16. The van der Waals surface area contributed by atoms with E-state index in [-0.39, 0.29) is 11.0 Å². The van der Waals surface area contributed by atoms with Gasteiger partial charge < -0.3 is 9.16 Å². The predicted molar refractivity (Wildman–Crippen MR) is 104 cm³/mol. The molecular weight excluding hydrogens is 332 g/mol. The first kappa shape index (κ1) is 21.9. The summed E-state index contributed by atoms with van der Waals surface area (Å²) in [7, 11) is -1.65. The average Bonchev–Trinajstić information content (AvgIpc) is 2.95. The SMILES string of the molecule is CCOC(=O)C(C)(C)n1ccc(CCCCO[Si](C)(C)C(C)(C)C)n1. The van der Waals surface area contributed by atoms with E-state index in [9.17, 15) is 4.79 Å². The van der Waals surface area contributed by atoms with Crippen molar-refractivity contribution in [3.8, 4) is 0 Å². The second-order valence-electron chi connectivity index (χ2n) is 8.60. The number of nitrogens with zero attached hydrogens (tertiary/aromatic N) is 2. The smallest absolute Gasteiger partial charge is 0.333 e. The maximum Gasteiger partial charge on any atom is 0.333 e. The van der Waals surface area contributed by atoms with Gasteiger partial charge in [0.2, 0.25) is 0 Å². The molecule has 0 aliphatic rings. The first-order valence-electron chi connectivity index (χ1n) is 9.28. The van der Waals surface area contributed by atoms with Crippen LogP contribution in [0.2, 0.25) is 18.1 Å². The summed E-state index contributed by atoms with van der Waals surface area (Å²) in [4.78, 5) is 12.1. The van der Waals surface area contributed by atoms with Crippen LogP contribution in [-0.4, -0.2) is 37.3 Å². The molecule has 1 rings (SSSR count). The number of carbonyl (C=O) groups is 1. The van der Waals surface area contributed by atoms with Gasteiger partial charge in [-0.25, -0.2) is 4.79 Å². The van der Waals surface area contributed by atoms with Crippen LogP contribution in [0.4, 0.5) is 0 Å². The second-order valence-corrected chi connectivity index (χ2v) is 13.4. The van der Waals surface area contributed by atoms with Crippen LogP contribution in [0.25, 0.3) is 0 Å². The summed E-state index contributed by atoms with van der Waals surface area (Å²) in [5, 5.41) is 4.81. The van der Waals surface area contributed by atoms with Crippen LogP contribution in [0.1, 0.15) is 60.1 Å². The molecule has 0 N–H and O–H groups in total. The molecule has 0 unspecified atom stereocenters. The van der Waals surface area contributed by atoms with Crippen molar-refractivity contribution in [3.63, 3.8) is 0 Å². The summed E-state index contributed by atoms with van der Waals surface area (Å²) >= 11 is 0. The number of unbranched alkanes of at least 4 members (excludes halogenated alkanes) is 1. The molecular formula is C19H36N2O3Si. The standard InChI is InChI=1S/C19H36N2O3Si/c1-9-23-17(22)19(5,6)21-14-13-16(20-21)12-10-11-15-24-25(7,8)18(2,3)4/h13-14H,9-12,15H2,1-8H3. The van der Waals surface area contributed by atoms with Gasteiger partial charge in [0, 0.05) is 12.8 Å². The largest absolute Gasteiger partial charge is 0.464 e. The van der Waals surface area contributed by atoms with Gasteiger partial charge in [-0.1, -0.05) is 20.8 Å². The van der Waals surface area contributed by atoms with Gasteiger partial charge in [0.05, 0.1) is 12.3 Å². The monoisotopic (exact) mass is 368 g/mol. The molecule has 0 amide bonds. The summed E-state index contributed by atoms with van der Waals surface area (Å²) < 4.78 is 13.0. The van der Waals surface area contributed by atoms with Crippen molar-refractivity contribution >= 4 is 14.3 Å². The summed E-state index contributed by atoms with van der Waals surface area (Å²) in [5.41, 5.74) is 0.226. The maximum atomic E-state index is 12.1. The first-order chi connectivity index (χ1) is 11.4. The third-order valence-electron chi connectivity index (χ3n) is 5.09. The first-order valence-corrected chi connectivity index (χ1v) is 12.2. The number of ether oxygens (including phenoxy) is 1. The molecule has 1 aromatic heterocycles. The van der Waals surface area contributed by atoms with E-state index in [1.165, 1.54) is 0 Å². The number of hydrogen-bond donors (Lipinski definition) is 0. The molecule has 0 aliphatic carbocycles. The number of hydrogen-bond acceptors (Lipinski definition) is 4. The fraction of sp³-hybridized carbons (Fsp3) is 0.789. The van der Waals surface area contributed by atoms with E-state index in [0.717, 1.165) is 31.6 Å². The Labute approximate surface area is 154 Å². The molecule has 1 heterocycles. The van der Waals surface area contributed by atoms with Gasteiger partial charge in [0.25, 0.3) is 0 Å². The van der Waals surface area contributed by atoms with E-state index >= 15 is 0 Å². The van der Waals surface area contributed by atoms with Gasteiger partial charge in [-0.3, -0.25) is 4.68 Å². The van der Waals surface area contributed by atoms with E-state index < -0.39 is 13.9 Å². The van der Waals surface area contributed by atoms with Crippen molar-refractivity contribution in [2.75, 3.05) is 13.2 Å². The molecule has 0 saturated heterocycles. The van der Waals surface area contributed by atoms with Crippen molar-refractivity contribution in [2.24, 2.45) is 0 Å². The maximum absolute atomic E-state index is 12.1. The third kappa shape index (κ3) is 5.96. The Morgan fingerprint density at radius 3 is 2.40 bits per heavy atom. The number of carbonyl (C=O) groups excluding carboxylic acids is 1. The van der Waals surface area contributed by atoms with Gasteiger partial charge >= 0.3 is 5.97 Å². The molecule has 25 heavy (non-hydrogen) atoms. The van der Waals surface area contributed by atoms with E-state index in [1.54, 1.807) is 4.68 Å². The van der Waals surface area contributed by atoms with Crippen LogP contribution < -0.4 is 0 Å². The van der Waals surface area contributed by atoms with Crippen molar-refractivity contribution in [3.05, 3.63) is 18.0 Å². The molecule has 0 bridgehead atoms. The van der Waals surface area contributed by atoms with Crippen molar-refractivity contribution in [1.82, 2.24) is 9.78 Å². The van der Waals surface area contributed by atoms with Crippen LogP contribution in [0.15, 0.2) is 12.3 Å². The average molecular weight is 369 g/mol. The Kier molecular flexibility index (Phi) is 7.44. The molecule has 6 heteroatoms. The Morgan fingerprint density at radius 2 is 1.84 bits per heavy atom. The van der Waals surface area contributed by atoms with Gasteiger partial charge in [0.15, 0.2) is 13.9 Å². The Hall–Kier alpha value is -1.14. The van der Waals surface area contributed by atoms with E-state index in [1.807, 2.05) is 33.0 Å². The Bertz CT molecular complexity index is 559. The van der Waals surface area contributed by atoms with E-state index in [4.69, 9.17) is 9.16 Å². The third-order valence-corrected chi connectivity index (χ3v) is 9.63. The van der Waals surface area contributed by atoms with Crippen molar-refractivity contribution in [2.45, 2.75) is 84.5 Å². The highest BCUT2D eigenvalue weighted by molar-refractivity contribution is 6.74. The zero-order valence-electron chi connectivity index (χ0n) is 17.3. The Morgan fingerprint density at radius 1 is 1.20 bits per heavy atom. The molecule has 0 aliphatic heterocycles. The van der Waals surface area contributed by atoms with Gasteiger partial charge in [-0.2, -0.15) is 5.10 Å². The molecule has 0 radical (unpaired) electrons. The molecule has 0 aromatic carbocycles. The highest BCUT2D eigenvalue weighted by Crippen LogP contribution is 2.36. The zero-order valence-corrected chi connectivity index (χ0v) is 18.3. The predicted octanol–water partition coefficient (Wildman–Crippen LogP) is 4.53. The molecule has 1 aromatic rings. The number of esters is 1. The van der Waals surface area contributed by atoms with Gasteiger partial charge in [-0.05, 0) is 64.2 Å². The molecule has 0 saturated carbocycles. The lowest BCUT2D eigenvalue weighted by Crippen LogP contribution is -2.40. The summed E-state index contributed by atoms with van der Waals surface area (Å²) in [5.74, 6) is -0.257. The van der Waals surface area contributed by atoms with Crippen LogP contribution >= 0.6 is 0 Å². The molecule has 144 valence electrons. The minimum absolute atomic E-state index is 0.254. The van der Waals surface area contributed by atoms with Crippen LogP contribution in [0.3, 0.4) is 0 Å². The van der Waals surface area contributed by atoms with Crippen LogP contribution in [0.5, 0.6) is 0 Å². The Balaban J connectivity index is 2.46. The minimum Gasteiger partial charge on any atom is -0.464 e. The summed E-state index contributed by atoms with van der Waals surface area (Å²) in [6.07, 6.45) is 4.82. The van der Waals surface area contributed by atoms with Crippen molar-refractivity contribution in [1.29, 1.82) is 0 Å².